The Morgan fingerprint density at radius 3 is 0.992 bits per heavy atom. The molecule has 7 aromatic heterocycles. The van der Waals surface area contributed by atoms with Crippen molar-refractivity contribution in [3.63, 3.8) is 0 Å². The molecule has 17 heterocycles. The van der Waals surface area contributed by atoms with E-state index in [4.69, 9.17) is 34.9 Å². The van der Waals surface area contributed by atoms with E-state index in [1.54, 1.807) is 12.5 Å². The zero-order valence-electron chi connectivity index (χ0n) is 79.0. The Hall–Kier alpha value is -14.5. The highest BCUT2D eigenvalue weighted by Crippen LogP contribution is 2.56. The van der Waals surface area contributed by atoms with Gasteiger partial charge in [-0.1, -0.05) is 235 Å². The molecule has 0 saturated carbocycles. The number of pyridine rings is 2. The molecule has 668 valence electrons. The number of aromatic nitrogens is 12. The minimum Gasteiger partial charge on any atom is -0.349 e. The second-order valence-electron chi connectivity index (χ2n) is 38.3. The van der Waals surface area contributed by atoms with Crippen LogP contribution in [-0.4, -0.2) is 119 Å². The van der Waals surface area contributed by atoms with Crippen LogP contribution in [0.15, 0.2) is 256 Å². The fourth-order valence-electron chi connectivity index (χ4n) is 21.6. The number of hydrogen-bond acceptors (Lipinski definition) is 22. The first-order chi connectivity index (χ1) is 64.6. The van der Waals surface area contributed by atoms with Crippen LogP contribution in [0, 0.1) is 6.92 Å². The summed E-state index contributed by atoms with van der Waals surface area (Å²) in [5.74, 6) is 10.7. The molecule has 5 unspecified atom stereocenters. The Bertz CT molecular complexity index is 6700. The van der Waals surface area contributed by atoms with Crippen molar-refractivity contribution >= 4 is 91.7 Å². The predicted octanol–water partition coefficient (Wildman–Crippen LogP) is 23.9. The molecule has 22 heteroatoms. The summed E-state index contributed by atoms with van der Waals surface area (Å²) in [4.78, 5) is 80.4. The van der Waals surface area contributed by atoms with Gasteiger partial charge in [-0.3, -0.25) is 9.97 Å². The topological polar surface area (TPSA) is 187 Å². The molecule has 0 spiro atoms. The van der Waals surface area contributed by atoms with Gasteiger partial charge in [0.05, 0.1) is 42.9 Å². The second-order valence-corrected chi connectivity index (χ2v) is 38.3. The molecule has 133 heavy (non-hydrogen) atoms. The predicted molar refractivity (Wildman–Crippen MR) is 539 cm³/mol. The highest BCUT2D eigenvalue weighted by atomic mass is 15.5. The Balaban J connectivity index is 0.000000100. The monoisotopic (exact) mass is 1750 g/mol. The standard InChI is InChI=1S/2C25H28N4.C24H27N5.C20H18N4.C17H13N5/c1-15(2)18-10-8-11-19(16(3)4)23(18)24-26-14-21-25(27-24)28(5)22-13-17-9-6-7-12-20(17)29(21)22;1-15(2)18-10-8-11-19(16(3)4)23(18)24-26-14-21-25(27-24)29-20-12-7-6-9-17(20)13-22(29)28(21)5;1-14(2)17-11-25-12-18(15(3)4)22(17)23-26-13-20-24(27-23)28(5)21-10-16-8-6-7-9-19(16)29(20)21;1-13-7-3-5-9-15(13)19-21-12-17-20(22-19)24-16-10-6-4-8-14(16)11-18(24)23(17)2;1-2-6-14-12(4-1)8-16-21(13-5-3-7-18-9-13)17-15(22(14)16)10-19-11-20-17/h2*6-12,14-16,22H,13H2,1-5H3;6-9,11-15,21H,10H2,1-5H3;3-10,12,18H,11H2,1-2H3;1-7,9-11,16H,8H2. The Kier molecular flexibility index (Phi) is 22.0. The first-order valence-corrected chi connectivity index (χ1v) is 47.1. The van der Waals surface area contributed by atoms with Gasteiger partial charge in [-0.25, -0.2) is 49.8 Å². The van der Waals surface area contributed by atoms with Crippen LogP contribution in [0.2, 0.25) is 0 Å². The summed E-state index contributed by atoms with van der Waals surface area (Å²) < 4.78 is 0. The van der Waals surface area contributed by atoms with Crippen LogP contribution in [0.25, 0.3) is 45.6 Å². The van der Waals surface area contributed by atoms with E-state index in [1.165, 1.54) is 106 Å². The first-order valence-electron chi connectivity index (χ1n) is 47.1. The zero-order valence-corrected chi connectivity index (χ0v) is 79.0. The Morgan fingerprint density at radius 1 is 0.248 bits per heavy atom. The molecule has 0 N–H and O–H groups in total. The number of aryl methyl sites for hydroxylation is 1. The number of likely N-dealkylation sites (N-methyl/N-ethyl adjacent to an activating group) is 4. The van der Waals surface area contributed by atoms with Gasteiger partial charge in [-0.15, -0.1) is 0 Å². The van der Waals surface area contributed by atoms with Crippen LogP contribution in [0.4, 0.5) is 91.7 Å². The van der Waals surface area contributed by atoms with Gasteiger partial charge in [0.1, 0.15) is 65.6 Å². The number of rotatable bonds is 11. The van der Waals surface area contributed by atoms with Crippen LogP contribution in [0.1, 0.15) is 185 Å². The maximum absolute atomic E-state index is 5.17. The molecule has 0 bridgehead atoms. The van der Waals surface area contributed by atoms with Gasteiger partial charge in [-0.05, 0) is 152 Å². The quantitative estimate of drug-likeness (QED) is 0.119. The number of fused-ring (bicyclic) bond motifs is 25. The first kappa shape index (κ1) is 85.3. The maximum atomic E-state index is 5.17. The largest absolute Gasteiger partial charge is 0.349 e. The number of hydrogen-bond donors (Lipinski definition) is 0. The molecule has 0 fully saturated rings. The molecule has 10 aliphatic rings. The fourth-order valence-corrected chi connectivity index (χ4v) is 21.6. The van der Waals surface area contributed by atoms with Crippen molar-refractivity contribution in [2.24, 2.45) is 0 Å². The lowest BCUT2D eigenvalue weighted by Gasteiger charge is -2.26. The van der Waals surface area contributed by atoms with Gasteiger partial charge in [0, 0.05) is 130 Å². The van der Waals surface area contributed by atoms with E-state index < -0.39 is 0 Å². The van der Waals surface area contributed by atoms with Gasteiger partial charge in [0.2, 0.25) is 0 Å². The molecular formula is C111H114N22. The summed E-state index contributed by atoms with van der Waals surface area (Å²) in [6.45, 7) is 28.9. The van der Waals surface area contributed by atoms with E-state index in [9.17, 15) is 0 Å². The van der Waals surface area contributed by atoms with Crippen molar-refractivity contribution in [1.29, 1.82) is 0 Å². The minimum atomic E-state index is 0.202. The third-order valence-corrected chi connectivity index (χ3v) is 28.4. The van der Waals surface area contributed by atoms with E-state index in [1.807, 2.05) is 67.8 Å². The molecule has 0 radical (unpaired) electrons. The number of benzene rings is 8. The van der Waals surface area contributed by atoms with E-state index >= 15 is 0 Å². The van der Waals surface area contributed by atoms with Crippen molar-refractivity contribution in [3.05, 3.63) is 323 Å². The lowest BCUT2D eigenvalue weighted by atomic mass is 9.88. The Morgan fingerprint density at radius 2 is 0.586 bits per heavy atom. The highest BCUT2D eigenvalue weighted by Gasteiger charge is 2.49. The van der Waals surface area contributed by atoms with Crippen LogP contribution in [0.5, 0.6) is 0 Å². The number of para-hydroxylation sites is 5. The van der Waals surface area contributed by atoms with Crippen molar-refractivity contribution in [2.45, 2.75) is 188 Å². The van der Waals surface area contributed by atoms with Crippen molar-refractivity contribution in [2.75, 3.05) is 77.2 Å². The molecule has 10 aliphatic heterocycles. The van der Waals surface area contributed by atoms with Gasteiger partial charge >= 0.3 is 0 Å². The highest BCUT2D eigenvalue weighted by molar-refractivity contribution is 5.92. The van der Waals surface area contributed by atoms with E-state index in [2.05, 4.69) is 368 Å². The summed E-state index contributed by atoms with van der Waals surface area (Å²) in [6, 6.07) is 68.7. The fraction of sp³-hybridized carbons (Fsp3) is 0.297. The molecule has 0 saturated heterocycles. The second kappa shape index (κ2) is 34.3. The summed E-state index contributed by atoms with van der Waals surface area (Å²) in [7, 11) is 8.58. The summed E-state index contributed by atoms with van der Waals surface area (Å²) in [5.41, 5.74) is 33.3. The molecule has 25 rings (SSSR count). The van der Waals surface area contributed by atoms with Crippen LogP contribution in [0.3, 0.4) is 0 Å². The van der Waals surface area contributed by atoms with Crippen LogP contribution >= 0.6 is 0 Å². The SMILES string of the molecule is CC(C)c1cccc(C(C)C)c1-c1ncc2c(n1)N(C)C1Cc3ccccc3N21.CC(C)c1cccc(C(C)C)c1-c1ncc2c(n1)N1c3ccccc3CC1N2C.CC(C)c1cncc(C(C)C)c1-c1ncc2c(n1)N(C)C1Cc3ccccc3N21.Cc1ccccc1-c1ncc2c(n1)N1c3ccccc3CC1N2C.c1cncc(N2c3ncncc3N3c4ccccc4CC32)c1. The third kappa shape index (κ3) is 14.5. The summed E-state index contributed by atoms with van der Waals surface area (Å²) in [5, 5.41) is 0. The maximum Gasteiger partial charge on any atom is 0.162 e. The zero-order chi connectivity index (χ0) is 91.6. The van der Waals surface area contributed by atoms with Crippen molar-refractivity contribution in [1.82, 2.24) is 59.8 Å². The molecule has 8 aromatic carbocycles. The van der Waals surface area contributed by atoms with Crippen LogP contribution in [-0.2, 0) is 32.1 Å². The van der Waals surface area contributed by atoms with Gasteiger partial charge < -0.3 is 49.0 Å². The molecule has 0 amide bonds. The van der Waals surface area contributed by atoms with Crippen molar-refractivity contribution in [3.8, 4) is 45.6 Å². The lowest BCUT2D eigenvalue weighted by Crippen LogP contribution is -2.36. The van der Waals surface area contributed by atoms with E-state index in [0.717, 1.165) is 130 Å². The summed E-state index contributed by atoms with van der Waals surface area (Å²) in [6.07, 6.45) is 25.5. The van der Waals surface area contributed by atoms with Crippen LogP contribution < -0.4 is 49.0 Å². The average molecular weight is 1760 g/mol. The molecule has 5 atom stereocenters. The molecular weight excluding hydrogens is 1640 g/mol. The van der Waals surface area contributed by atoms with Gasteiger partial charge in [-0.2, -0.15) is 0 Å². The normalized spacial score (nSPS) is 17.4. The van der Waals surface area contributed by atoms with Gasteiger partial charge in [0.25, 0.3) is 0 Å². The summed E-state index contributed by atoms with van der Waals surface area (Å²) >= 11 is 0. The average Bonchev–Trinajstić information content (AvgIpc) is 1.61. The van der Waals surface area contributed by atoms with Crippen molar-refractivity contribution < 1.29 is 0 Å². The molecule has 0 aliphatic carbocycles. The van der Waals surface area contributed by atoms with Gasteiger partial charge in [0.15, 0.2) is 52.4 Å². The Labute approximate surface area is 780 Å². The van der Waals surface area contributed by atoms with E-state index in [-0.39, 0.29) is 24.7 Å². The minimum absolute atomic E-state index is 0.202. The van der Waals surface area contributed by atoms with E-state index in [0.29, 0.717) is 41.7 Å². The third-order valence-electron chi connectivity index (χ3n) is 28.4. The number of nitrogens with zero attached hydrogens (tertiary/aromatic N) is 22. The number of anilines is 16. The lowest BCUT2D eigenvalue weighted by molar-refractivity contribution is 0.699. The molecule has 22 nitrogen and oxygen atoms in total. The smallest absolute Gasteiger partial charge is 0.162 e. The molecule has 15 aromatic rings.